The van der Waals surface area contributed by atoms with E-state index in [0.29, 0.717) is 5.54 Å². The molecule has 3 aliphatic rings. The van der Waals surface area contributed by atoms with Gasteiger partial charge in [0.1, 0.15) is 0 Å². The van der Waals surface area contributed by atoms with E-state index >= 15 is 0 Å². The monoisotopic (exact) mass is 193 g/mol. The van der Waals surface area contributed by atoms with Crippen LogP contribution in [0.2, 0.25) is 0 Å². The second-order valence-corrected chi connectivity index (χ2v) is 6.03. The molecule has 80 valence electrons. The fourth-order valence-corrected chi connectivity index (χ4v) is 4.81. The molecule has 0 amide bonds. The van der Waals surface area contributed by atoms with E-state index in [1.807, 2.05) is 0 Å². The molecule has 0 aliphatic heterocycles. The van der Waals surface area contributed by atoms with E-state index in [1.165, 1.54) is 25.7 Å². The molecule has 0 spiro atoms. The molecular formula is C13H23N. The Labute approximate surface area is 87.7 Å². The first kappa shape index (κ1) is 9.21. The molecule has 3 saturated carbocycles. The third-order valence-corrected chi connectivity index (χ3v) is 5.52. The van der Waals surface area contributed by atoms with Crippen molar-refractivity contribution in [2.75, 3.05) is 7.05 Å². The molecule has 0 aromatic rings. The molecule has 0 aromatic heterocycles. The molecular weight excluding hydrogens is 170 g/mol. The Hall–Kier alpha value is -0.0400. The van der Waals surface area contributed by atoms with E-state index < -0.39 is 0 Å². The van der Waals surface area contributed by atoms with Gasteiger partial charge in [-0.1, -0.05) is 13.3 Å². The van der Waals surface area contributed by atoms with Crippen LogP contribution in [0.25, 0.3) is 0 Å². The van der Waals surface area contributed by atoms with Crippen LogP contribution >= 0.6 is 0 Å². The van der Waals surface area contributed by atoms with Crippen LogP contribution in [0.15, 0.2) is 0 Å². The lowest BCUT2D eigenvalue weighted by atomic mass is 9.58. The predicted octanol–water partition coefficient (Wildman–Crippen LogP) is 2.81. The highest BCUT2D eigenvalue weighted by Gasteiger charge is 2.59. The maximum atomic E-state index is 3.64. The Morgan fingerprint density at radius 2 is 2.07 bits per heavy atom. The summed E-state index contributed by atoms with van der Waals surface area (Å²) >= 11 is 0. The van der Waals surface area contributed by atoms with Crippen molar-refractivity contribution in [1.82, 2.24) is 5.32 Å². The normalized spacial score (nSPS) is 55.3. The van der Waals surface area contributed by atoms with Gasteiger partial charge < -0.3 is 5.32 Å². The zero-order valence-electron chi connectivity index (χ0n) is 9.55. The maximum Gasteiger partial charge on any atom is 0.0214 e. The van der Waals surface area contributed by atoms with Crippen molar-refractivity contribution in [3.63, 3.8) is 0 Å². The van der Waals surface area contributed by atoms with Gasteiger partial charge in [0.25, 0.3) is 0 Å². The molecule has 3 aliphatic carbocycles. The smallest absolute Gasteiger partial charge is 0.0214 e. The largest absolute Gasteiger partial charge is 0.314 e. The first-order valence-corrected chi connectivity index (χ1v) is 6.46. The van der Waals surface area contributed by atoms with Gasteiger partial charge in [0.05, 0.1) is 0 Å². The third-order valence-electron chi connectivity index (χ3n) is 5.52. The summed E-state index contributed by atoms with van der Waals surface area (Å²) in [5, 5.41) is 3.64. The maximum absolute atomic E-state index is 3.64. The van der Waals surface area contributed by atoms with Crippen LogP contribution in [0.1, 0.15) is 45.4 Å². The quantitative estimate of drug-likeness (QED) is 0.711. The third kappa shape index (κ3) is 1.05. The highest BCUT2D eigenvalue weighted by molar-refractivity contribution is 5.14. The Morgan fingerprint density at radius 3 is 2.79 bits per heavy atom. The zero-order valence-corrected chi connectivity index (χ0v) is 9.55. The number of rotatable bonds is 2. The zero-order chi connectivity index (χ0) is 9.76. The van der Waals surface area contributed by atoms with Gasteiger partial charge in [-0.25, -0.2) is 0 Å². The molecule has 14 heavy (non-hydrogen) atoms. The summed E-state index contributed by atoms with van der Waals surface area (Å²) in [7, 11) is 2.19. The summed E-state index contributed by atoms with van der Waals surface area (Å²) in [5.74, 6) is 4.25. The number of fused-ring (bicyclic) bond motifs is 1. The van der Waals surface area contributed by atoms with Gasteiger partial charge in [-0.15, -0.1) is 0 Å². The molecule has 5 unspecified atom stereocenters. The van der Waals surface area contributed by atoms with Crippen LogP contribution in [-0.2, 0) is 0 Å². The molecule has 3 rings (SSSR count). The minimum Gasteiger partial charge on any atom is -0.314 e. The molecule has 0 radical (unpaired) electrons. The average molecular weight is 193 g/mol. The summed E-state index contributed by atoms with van der Waals surface area (Å²) < 4.78 is 0. The molecule has 1 heteroatoms. The number of hydrogen-bond acceptors (Lipinski definition) is 1. The highest BCUT2D eigenvalue weighted by atomic mass is 15.0. The fraction of sp³-hybridized carbons (Fsp3) is 1.00. The Morgan fingerprint density at radius 1 is 1.21 bits per heavy atom. The van der Waals surface area contributed by atoms with E-state index in [4.69, 9.17) is 0 Å². The lowest BCUT2D eigenvalue weighted by molar-refractivity contribution is 0.0186. The predicted molar refractivity (Wildman–Crippen MR) is 59.1 cm³/mol. The van der Waals surface area contributed by atoms with Crippen molar-refractivity contribution >= 4 is 0 Å². The Kier molecular flexibility index (Phi) is 1.96. The lowest BCUT2D eigenvalue weighted by Gasteiger charge is -2.53. The lowest BCUT2D eigenvalue weighted by Crippen LogP contribution is -2.59. The Balaban J connectivity index is 1.80. The fourth-order valence-electron chi connectivity index (χ4n) is 4.81. The van der Waals surface area contributed by atoms with Gasteiger partial charge in [0, 0.05) is 5.54 Å². The van der Waals surface area contributed by atoms with E-state index in [9.17, 15) is 0 Å². The molecule has 2 bridgehead atoms. The number of hydrogen-bond donors (Lipinski definition) is 1. The van der Waals surface area contributed by atoms with Gasteiger partial charge in [0.15, 0.2) is 0 Å². The van der Waals surface area contributed by atoms with Crippen LogP contribution in [-0.4, -0.2) is 12.6 Å². The first-order chi connectivity index (χ1) is 6.77. The minimum absolute atomic E-state index is 0.605. The van der Waals surface area contributed by atoms with E-state index in [-0.39, 0.29) is 0 Å². The SMILES string of the molecule is CCC1CC2CC3C(C1)CC3(NC)C2. The van der Waals surface area contributed by atoms with E-state index in [1.54, 1.807) is 12.8 Å². The molecule has 0 aromatic carbocycles. The van der Waals surface area contributed by atoms with Crippen LogP contribution in [0.3, 0.4) is 0 Å². The van der Waals surface area contributed by atoms with E-state index in [0.717, 1.165) is 23.7 Å². The molecule has 0 heterocycles. The summed E-state index contributed by atoms with van der Waals surface area (Å²) in [6.45, 7) is 2.38. The van der Waals surface area contributed by atoms with Crippen LogP contribution in [0.4, 0.5) is 0 Å². The molecule has 5 atom stereocenters. The molecule has 1 N–H and O–H groups in total. The summed E-state index contributed by atoms with van der Waals surface area (Å²) in [6, 6.07) is 0. The number of nitrogens with one attached hydrogen (secondary N) is 1. The van der Waals surface area contributed by atoms with Crippen molar-refractivity contribution in [3.8, 4) is 0 Å². The van der Waals surface area contributed by atoms with Crippen molar-refractivity contribution in [2.45, 2.75) is 51.0 Å². The van der Waals surface area contributed by atoms with Crippen LogP contribution < -0.4 is 5.32 Å². The van der Waals surface area contributed by atoms with E-state index in [2.05, 4.69) is 19.3 Å². The summed E-state index contributed by atoms with van der Waals surface area (Å²) in [4.78, 5) is 0. The van der Waals surface area contributed by atoms with Gasteiger partial charge in [0.2, 0.25) is 0 Å². The molecule has 3 fully saturated rings. The van der Waals surface area contributed by atoms with Gasteiger partial charge in [-0.3, -0.25) is 0 Å². The minimum atomic E-state index is 0.605. The van der Waals surface area contributed by atoms with Crippen LogP contribution in [0.5, 0.6) is 0 Å². The Bertz CT molecular complexity index is 227. The first-order valence-electron chi connectivity index (χ1n) is 6.46. The van der Waals surface area contributed by atoms with Crippen molar-refractivity contribution in [2.24, 2.45) is 23.7 Å². The highest BCUT2D eigenvalue weighted by Crippen LogP contribution is 2.61. The van der Waals surface area contributed by atoms with Gasteiger partial charge >= 0.3 is 0 Å². The second-order valence-electron chi connectivity index (χ2n) is 6.03. The van der Waals surface area contributed by atoms with Gasteiger partial charge in [-0.05, 0) is 62.8 Å². The summed E-state index contributed by atoms with van der Waals surface area (Å²) in [6.07, 6.45) is 9.02. The van der Waals surface area contributed by atoms with Gasteiger partial charge in [-0.2, -0.15) is 0 Å². The van der Waals surface area contributed by atoms with Crippen molar-refractivity contribution in [3.05, 3.63) is 0 Å². The van der Waals surface area contributed by atoms with Crippen molar-refractivity contribution < 1.29 is 0 Å². The molecule has 0 saturated heterocycles. The topological polar surface area (TPSA) is 12.0 Å². The summed E-state index contributed by atoms with van der Waals surface area (Å²) in [5.41, 5.74) is 0.605. The van der Waals surface area contributed by atoms with Crippen LogP contribution in [0, 0.1) is 23.7 Å². The second kappa shape index (κ2) is 2.98. The molecule has 1 nitrogen and oxygen atoms in total. The van der Waals surface area contributed by atoms with Crippen molar-refractivity contribution in [1.29, 1.82) is 0 Å². The standard InChI is InChI=1S/C13H23N/c1-3-9-4-10-6-12-11(5-9)8-13(12,7-10)14-2/h9-12,14H,3-8H2,1-2H3. The average Bonchev–Trinajstić information content (AvgIpc) is 2.33.